The van der Waals surface area contributed by atoms with Crippen LogP contribution in [0.1, 0.15) is 24.9 Å². The number of carbonyl (C=O) groups excluding carboxylic acids is 1. The van der Waals surface area contributed by atoms with Gasteiger partial charge in [-0.2, -0.15) is 0 Å². The fraction of sp³-hybridized carbons (Fsp3) is 0.417. The molecule has 2 atom stereocenters. The molecule has 18 heavy (non-hydrogen) atoms. The number of hydrogen-bond acceptors (Lipinski definition) is 2. The Morgan fingerprint density at radius 1 is 1.33 bits per heavy atom. The normalized spacial score (nSPS) is 14.9. The zero-order valence-electron chi connectivity index (χ0n) is 9.74. The lowest BCUT2D eigenvalue weighted by molar-refractivity contribution is -0.123. The van der Waals surface area contributed by atoms with Gasteiger partial charge < -0.3 is 10.4 Å². The van der Waals surface area contributed by atoms with Gasteiger partial charge in [0.15, 0.2) is 0 Å². The topological polar surface area (TPSA) is 49.3 Å². The Labute approximate surface area is 121 Å². The van der Waals surface area contributed by atoms with Crippen LogP contribution in [0.5, 0.6) is 0 Å². The molecule has 0 heterocycles. The minimum absolute atomic E-state index is 0.165. The van der Waals surface area contributed by atoms with Crippen molar-refractivity contribution in [2.75, 3.05) is 0 Å². The molecular weight excluding hydrogens is 296 g/mol. The second-order valence-corrected chi connectivity index (χ2v) is 6.33. The zero-order chi connectivity index (χ0) is 13.8. The summed E-state index contributed by atoms with van der Waals surface area (Å²) in [6.07, 6.45) is -1.58. The fourth-order valence-electron chi connectivity index (χ4n) is 1.42. The molecule has 1 amide bonds. The van der Waals surface area contributed by atoms with Crippen LogP contribution in [0.15, 0.2) is 30.3 Å². The van der Waals surface area contributed by atoms with E-state index >= 15 is 0 Å². The van der Waals surface area contributed by atoms with Gasteiger partial charge in [-0.05, 0) is 12.5 Å². The number of aliphatic hydroxyl groups excluding tert-OH is 1. The Balaban J connectivity index is 2.51. The molecule has 1 aromatic carbocycles. The molecule has 0 unspecified atom stereocenters. The Kier molecular flexibility index (Phi) is 5.73. The Hall–Kier alpha value is -0.480. The predicted molar refractivity (Wildman–Crippen MR) is 73.9 cm³/mol. The lowest BCUT2D eigenvalue weighted by Gasteiger charge is -2.20. The smallest absolute Gasteiger partial charge is 0.223 e. The highest BCUT2D eigenvalue weighted by molar-refractivity contribution is 6.68. The van der Waals surface area contributed by atoms with Crippen molar-refractivity contribution in [2.24, 2.45) is 0 Å². The van der Waals surface area contributed by atoms with Crippen LogP contribution < -0.4 is 5.32 Å². The summed E-state index contributed by atoms with van der Waals surface area (Å²) in [5.41, 5.74) is 0.967. The molecule has 2 N–H and O–H groups in total. The van der Waals surface area contributed by atoms with Crippen LogP contribution in [-0.2, 0) is 4.79 Å². The van der Waals surface area contributed by atoms with E-state index in [4.69, 9.17) is 34.8 Å². The van der Waals surface area contributed by atoms with Crippen LogP contribution in [0, 0.1) is 0 Å². The average Bonchev–Trinajstić information content (AvgIpc) is 2.28. The van der Waals surface area contributed by atoms with E-state index in [0.717, 1.165) is 5.56 Å². The van der Waals surface area contributed by atoms with Crippen LogP contribution in [0.25, 0.3) is 0 Å². The number of hydrogen-bond donors (Lipinski definition) is 2. The van der Waals surface area contributed by atoms with Gasteiger partial charge in [0, 0.05) is 0 Å². The third kappa shape index (κ3) is 5.02. The number of nitrogens with one attached hydrogen (secondary N) is 1. The molecule has 3 nitrogen and oxygen atoms in total. The summed E-state index contributed by atoms with van der Waals surface area (Å²) in [5.74, 6) is -0.370. The Bertz CT molecular complexity index is 392. The highest BCUT2D eigenvalue weighted by atomic mass is 35.6. The number of carbonyl (C=O) groups is 1. The summed E-state index contributed by atoms with van der Waals surface area (Å²) >= 11 is 16.4. The average molecular weight is 311 g/mol. The van der Waals surface area contributed by atoms with Gasteiger partial charge >= 0.3 is 0 Å². The highest BCUT2D eigenvalue weighted by Gasteiger charge is 2.32. The maximum absolute atomic E-state index is 11.6. The molecule has 0 aromatic heterocycles. The summed E-state index contributed by atoms with van der Waals surface area (Å²) in [7, 11) is 0. The van der Waals surface area contributed by atoms with Crippen molar-refractivity contribution in [1.82, 2.24) is 5.32 Å². The van der Waals surface area contributed by atoms with E-state index < -0.39 is 9.90 Å². The molecule has 0 saturated heterocycles. The zero-order valence-corrected chi connectivity index (χ0v) is 12.0. The van der Waals surface area contributed by atoms with Crippen LogP contribution in [0.3, 0.4) is 0 Å². The molecule has 0 bridgehead atoms. The summed E-state index contributed by atoms with van der Waals surface area (Å²) in [5, 5.41) is 12.2. The van der Waals surface area contributed by atoms with E-state index in [0.29, 0.717) is 0 Å². The monoisotopic (exact) mass is 309 g/mol. The predicted octanol–water partition coefficient (Wildman–Crippen LogP) is 2.99. The van der Waals surface area contributed by atoms with Crippen molar-refractivity contribution in [3.05, 3.63) is 35.9 Å². The quantitative estimate of drug-likeness (QED) is 0.840. The second-order valence-electron chi connectivity index (χ2n) is 3.96. The van der Waals surface area contributed by atoms with E-state index in [1.54, 1.807) is 0 Å². The summed E-state index contributed by atoms with van der Waals surface area (Å²) in [6, 6.07) is 9.29. The molecule has 1 rings (SSSR count). The van der Waals surface area contributed by atoms with Crippen molar-refractivity contribution in [3.8, 4) is 0 Å². The van der Waals surface area contributed by atoms with Gasteiger partial charge in [0.25, 0.3) is 0 Å². The van der Waals surface area contributed by atoms with E-state index in [1.807, 2.05) is 37.3 Å². The van der Waals surface area contributed by atoms with Gasteiger partial charge in [0.1, 0.15) is 6.10 Å². The first-order valence-electron chi connectivity index (χ1n) is 5.40. The maximum Gasteiger partial charge on any atom is 0.223 e. The van der Waals surface area contributed by atoms with Crippen molar-refractivity contribution in [2.45, 2.75) is 29.3 Å². The molecule has 0 aliphatic carbocycles. The summed E-state index contributed by atoms with van der Waals surface area (Å²) in [6.45, 7) is 1.84. The molecular formula is C12H14Cl3NO2. The third-order valence-corrected chi connectivity index (χ3v) is 3.19. The van der Waals surface area contributed by atoms with Crippen LogP contribution in [0.2, 0.25) is 0 Å². The highest BCUT2D eigenvalue weighted by Crippen LogP contribution is 2.31. The molecule has 0 fully saturated rings. The van der Waals surface area contributed by atoms with Gasteiger partial charge in [-0.3, -0.25) is 4.79 Å². The molecule has 0 aliphatic heterocycles. The lowest BCUT2D eigenvalue weighted by atomic mass is 10.1. The molecule has 6 heteroatoms. The first kappa shape index (κ1) is 15.6. The van der Waals surface area contributed by atoms with Crippen molar-refractivity contribution in [3.63, 3.8) is 0 Å². The summed E-state index contributed by atoms with van der Waals surface area (Å²) < 4.78 is -1.85. The molecule has 0 radical (unpaired) electrons. The van der Waals surface area contributed by atoms with E-state index in [9.17, 15) is 9.90 Å². The molecule has 0 saturated carbocycles. The molecule has 0 aliphatic rings. The fourth-order valence-corrected chi connectivity index (χ4v) is 1.65. The number of rotatable bonds is 4. The largest absolute Gasteiger partial charge is 0.388 e. The molecule has 100 valence electrons. The van der Waals surface area contributed by atoms with Crippen LogP contribution in [-0.4, -0.2) is 20.9 Å². The van der Waals surface area contributed by atoms with Gasteiger partial charge in [0.05, 0.1) is 12.5 Å². The SMILES string of the molecule is C[C@@H](NC(=O)C[C@H](O)C(Cl)(Cl)Cl)c1ccccc1. The van der Waals surface area contributed by atoms with E-state index in [1.165, 1.54) is 0 Å². The van der Waals surface area contributed by atoms with Gasteiger partial charge in [-0.1, -0.05) is 65.1 Å². The minimum Gasteiger partial charge on any atom is -0.388 e. The van der Waals surface area contributed by atoms with E-state index in [-0.39, 0.29) is 18.4 Å². The first-order valence-corrected chi connectivity index (χ1v) is 6.53. The van der Waals surface area contributed by atoms with Crippen molar-refractivity contribution >= 4 is 40.7 Å². The minimum atomic E-state index is -1.85. The Morgan fingerprint density at radius 2 is 1.89 bits per heavy atom. The number of halogens is 3. The molecule has 0 spiro atoms. The maximum atomic E-state index is 11.6. The number of amides is 1. The Morgan fingerprint density at radius 3 is 2.39 bits per heavy atom. The standard InChI is InChI=1S/C12H14Cl3NO2/c1-8(9-5-3-2-4-6-9)16-11(18)7-10(17)12(13,14)15/h2-6,8,10,17H,7H2,1H3,(H,16,18)/t8-,10+/m1/s1. The lowest BCUT2D eigenvalue weighted by Crippen LogP contribution is -2.34. The number of aliphatic hydroxyl groups is 1. The third-order valence-electron chi connectivity index (χ3n) is 2.43. The van der Waals surface area contributed by atoms with Crippen LogP contribution in [0.4, 0.5) is 0 Å². The number of benzene rings is 1. The number of alkyl halides is 3. The van der Waals surface area contributed by atoms with Gasteiger partial charge in [-0.25, -0.2) is 0 Å². The van der Waals surface area contributed by atoms with Crippen LogP contribution >= 0.6 is 34.8 Å². The van der Waals surface area contributed by atoms with Gasteiger partial charge in [-0.15, -0.1) is 0 Å². The van der Waals surface area contributed by atoms with Crippen molar-refractivity contribution in [1.29, 1.82) is 0 Å². The first-order chi connectivity index (χ1) is 8.30. The summed E-state index contributed by atoms with van der Waals surface area (Å²) in [4.78, 5) is 11.6. The van der Waals surface area contributed by atoms with E-state index in [2.05, 4.69) is 5.32 Å². The molecule has 1 aromatic rings. The second kappa shape index (κ2) is 6.62. The van der Waals surface area contributed by atoms with Crippen molar-refractivity contribution < 1.29 is 9.90 Å². The van der Waals surface area contributed by atoms with Gasteiger partial charge in [0.2, 0.25) is 9.70 Å².